The van der Waals surface area contributed by atoms with Gasteiger partial charge in [0, 0.05) is 17.6 Å². The largest absolute Gasteiger partial charge is 0.453 e. The second-order valence-electron chi connectivity index (χ2n) is 4.09. The third-order valence-corrected chi connectivity index (χ3v) is 2.63. The van der Waals surface area contributed by atoms with Crippen LogP contribution in [0, 0.1) is 0 Å². The number of methoxy groups -OCH3 is 1. The molecule has 0 fully saturated rings. The molecule has 1 aromatic carbocycles. The van der Waals surface area contributed by atoms with Gasteiger partial charge in [0.25, 0.3) is 5.91 Å². The molecular weight excluding hydrogens is 272 g/mol. The van der Waals surface area contributed by atoms with Crippen molar-refractivity contribution < 1.29 is 14.3 Å². The number of amides is 2. The molecular formula is C14H14N4O3. The minimum Gasteiger partial charge on any atom is -0.453 e. The van der Waals surface area contributed by atoms with Crippen LogP contribution < -0.4 is 16.4 Å². The van der Waals surface area contributed by atoms with E-state index in [1.165, 1.54) is 13.3 Å². The molecule has 0 bridgehead atoms. The molecule has 0 spiro atoms. The van der Waals surface area contributed by atoms with Gasteiger partial charge in [-0.05, 0) is 36.4 Å². The summed E-state index contributed by atoms with van der Waals surface area (Å²) in [5.41, 5.74) is 7.26. The van der Waals surface area contributed by atoms with Gasteiger partial charge in [-0.3, -0.25) is 10.1 Å². The van der Waals surface area contributed by atoms with Crippen molar-refractivity contribution in [3.63, 3.8) is 0 Å². The van der Waals surface area contributed by atoms with Crippen molar-refractivity contribution >= 4 is 29.1 Å². The third-order valence-electron chi connectivity index (χ3n) is 2.63. The molecule has 7 nitrogen and oxygen atoms in total. The van der Waals surface area contributed by atoms with Crippen LogP contribution in [0.1, 0.15) is 10.5 Å². The Hall–Kier alpha value is -3.09. The number of hydrogen-bond acceptors (Lipinski definition) is 5. The number of nitrogen functional groups attached to an aromatic ring is 1. The molecule has 7 heteroatoms. The molecule has 108 valence electrons. The highest BCUT2D eigenvalue weighted by molar-refractivity contribution is 6.06. The monoisotopic (exact) mass is 286 g/mol. The molecule has 21 heavy (non-hydrogen) atoms. The van der Waals surface area contributed by atoms with Crippen molar-refractivity contribution in [2.45, 2.75) is 0 Å². The molecule has 4 N–H and O–H groups in total. The lowest BCUT2D eigenvalue weighted by Crippen LogP contribution is -2.16. The summed E-state index contributed by atoms with van der Waals surface area (Å²) in [4.78, 5) is 27.0. The molecule has 0 aliphatic carbocycles. The number of pyridine rings is 1. The van der Waals surface area contributed by atoms with Gasteiger partial charge in [0.1, 0.15) is 0 Å². The summed E-state index contributed by atoms with van der Waals surface area (Å²) < 4.78 is 4.48. The van der Waals surface area contributed by atoms with E-state index in [1.54, 1.807) is 36.4 Å². The van der Waals surface area contributed by atoms with Gasteiger partial charge in [-0.2, -0.15) is 0 Å². The molecule has 0 aliphatic heterocycles. The number of carbonyl (C=O) groups excluding carboxylic acids is 2. The first kappa shape index (κ1) is 14.3. The summed E-state index contributed by atoms with van der Waals surface area (Å²) in [5.74, 6) is -0.401. The van der Waals surface area contributed by atoms with Gasteiger partial charge >= 0.3 is 6.09 Å². The molecule has 0 atom stereocenters. The van der Waals surface area contributed by atoms with E-state index in [0.29, 0.717) is 17.1 Å². The van der Waals surface area contributed by atoms with Crippen LogP contribution in [0.5, 0.6) is 0 Å². The van der Waals surface area contributed by atoms with Crippen LogP contribution >= 0.6 is 0 Å². The summed E-state index contributed by atoms with van der Waals surface area (Å²) in [6, 6.07) is 9.80. The van der Waals surface area contributed by atoms with E-state index in [1.807, 2.05) is 0 Å². The zero-order valence-electron chi connectivity index (χ0n) is 11.3. The average Bonchev–Trinajstić information content (AvgIpc) is 2.49. The number of rotatable bonds is 3. The van der Waals surface area contributed by atoms with Crippen LogP contribution in [0.4, 0.5) is 21.9 Å². The maximum absolute atomic E-state index is 12.0. The Bertz CT molecular complexity index is 656. The summed E-state index contributed by atoms with van der Waals surface area (Å²) >= 11 is 0. The lowest BCUT2D eigenvalue weighted by atomic mass is 10.2. The first-order chi connectivity index (χ1) is 10.1. The van der Waals surface area contributed by atoms with Gasteiger partial charge in [0.15, 0.2) is 5.69 Å². The zero-order chi connectivity index (χ0) is 15.2. The molecule has 2 amide bonds. The number of nitrogens with zero attached hydrogens (tertiary/aromatic N) is 1. The van der Waals surface area contributed by atoms with Crippen molar-refractivity contribution in [3.8, 4) is 0 Å². The van der Waals surface area contributed by atoms with E-state index < -0.39 is 12.0 Å². The number of nitrogens with two attached hydrogens (primary N) is 1. The SMILES string of the molecule is COC(=O)Nc1ccc(NC(=O)c2ncccc2N)cc1. The third kappa shape index (κ3) is 3.69. The average molecular weight is 286 g/mol. The van der Waals surface area contributed by atoms with Crippen LogP contribution in [0.15, 0.2) is 42.6 Å². The number of hydrogen-bond donors (Lipinski definition) is 3. The number of nitrogens with one attached hydrogen (secondary N) is 2. The second-order valence-corrected chi connectivity index (χ2v) is 4.09. The Labute approximate surface area is 121 Å². The van der Waals surface area contributed by atoms with Crippen LogP contribution in [-0.4, -0.2) is 24.1 Å². The quantitative estimate of drug-likeness (QED) is 0.801. The Morgan fingerprint density at radius 1 is 1.10 bits per heavy atom. The minimum absolute atomic E-state index is 0.161. The fraction of sp³-hybridized carbons (Fsp3) is 0.0714. The highest BCUT2D eigenvalue weighted by atomic mass is 16.5. The summed E-state index contributed by atoms with van der Waals surface area (Å²) in [6.07, 6.45) is 0.933. The topological polar surface area (TPSA) is 106 Å². The van der Waals surface area contributed by atoms with E-state index in [4.69, 9.17) is 5.73 Å². The van der Waals surface area contributed by atoms with Crippen LogP contribution in [0.3, 0.4) is 0 Å². The Balaban J connectivity index is 2.05. The van der Waals surface area contributed by atoms with Crippen molar-refractivity contribution in [2.24, 2.45) is 0 Å². The predicted octanol–water partition coefficient (Wildman–Crippen LogP) is 2.09. The van der Waals surface area contributed by atoms with E-state index in [0.717, 1.165) is 0 Å². The van der Waals surface area contributed by atoms with Gasteiger partial charge in [0.2, 0.25) is 0 Å². The van der Waals surface area contributed by atoms with Gasteiger partial charge < -0.3 is 15.8 Å². The van der Waals surface area contributed by atoms with Crippen molar-refractivity contribution in [1.29, 1.82) is 0 Å². The summed E-state index contributed by atoms with van der Waals surface area (Å²) in [5, 5.41) is 5.17. The predicted molar refractivity (Wildman–Crippen MR) is 79.1 cm³/mol. The molecule has 0 saturated heterocycles. The highest BCUT2D eigenvalue weighted by Gasteiger charge is 2.11. The highest BCUT2D eigenvalue weighted by Crippen LogP contribution is 2.15. The minimum atomic E-state index is -0.562. The molecule has 0 aliphatic rings. The van der Waals surface area contributed by atoms with Crippen molar-refractivity contribution in [1.82, 2.24) is 4.98 Å². The number of aromatic nitrogens is 1. The fourth-order valence-electron chi connectivity index (χ4n) is 1.60. The van der Waals surface area contributed by atoms with Crippen LogP contribution in [0.2, 0.25) is 0 Å². The Morgan fingerprint density at radius 3 is 2.29 bits per heavy atom. The number of carbonyl (C=O) groups is 2. The van der Waals surface area contributed by atoms with E-state index in [2.05, 4.69) is 20.4 Å². The van der Waals surface area contributed by atoms with Gasteiger partial charge in [-0.15, -0.1) is 0 Å². The second kappa shape index (κ2) is 6.38. The van der Waals surface area contributed by atoms with E-state index in [9.17, 15) is 9.59 Å². The number of ether oxygens (including phenoxy) is 1. The van der Waals surface area contributed by atoms with Crippen LogP contribution in [-0.2, 0) is 4.74 Å². The van der Waals surface area contributed by atoms with Crippen molar-refractivity contribution in [2.75, 3.05) is 23.5 Å². The molecule has 0 saturated carbocycles. The Morgan fingerprint density at radius 2 is 1.71 bits per heavy atom. The van der Waals surface area contributed by atoms with Crippen molar-refractivity contribution in [3.05, 3.63) is 48.3 Å². The lowest BCUT2D eigenvalue weighted by molar-refractivity contribution is 0.102. The summed E-state index contributed by atoms with van der Waals surface area (Å²) in [6.45, 7) is 0. The van der Waals surface area contributed by atoms with Gasteiger partial charge in [-0.25, -0.2) is 9.78 Å². The maximum atomic E-state index is 12.0. The fourth-order valence-corrected chi connectivity index (χ4v) is 1.60. The van der Waals surface area contributed by atoms with Crippen LogP contribution in [0.25, 0.3) is 0 Å². The summed E-state index contributed by atoms with van der Waals surface area (Å²) in [7, 11) is 1.28. The first-order valence-corrected chi connectivity index (χ1v) is 6.07. The number of benzene rings is 1. The smallest absolute Gasteiger partial charge is 0.411 e. The van der Waals surface area contributed by atoms with E-state index in [-0.39, 0.29) is 5.69 Å². The molecule has 1 heterocycles. The lowest BCUT2D eigenvalue weighted by Gasteiger charge is -2.08. The molecule has 1 aromatic heterocycles. The van der Waals surface area contributed by atoms with E-state index >= 15 is 0 Å². The zero-order valence-corrected chi connectivity index (χ0v) is 11.3. The van der Waals surface area contributed by atoms with Gasteiger partial charge in [0.05, 0.1) is 12.8 Å². The standard InChI is InChI=1S/C14H14N4O3/c1-21-14(20)18-10-6-4-9(5-7-10)17-13(19)12-11(15)3-2-8-16-12/h2-8H,15H2,1H3,(H,17,19)(H,18,20). The first-order valence-electron chi connectivity index (χ1n) is 6.07. The molecule has 0 radical (unpaired) electrons. The van der Waals surface area contributed by atoms with Gasteiger partial charge in [-0.1, -0.05) is 0 Å². The molecule has 0 unspecified atom stereocenters. The number of anilines is 3. The Kier molecular flexibility index (Phi) is 4.35. The molecule has 2 aromatic rings. The normalized spacial score (nSPS) is 9.76. The molecule has 2 rings (SSSR count). The maximum Gasteiger partial charge on any atom is 0.411 e.